The van der Waals surface area contributed by atoms with E-state index in [1.165, 1.54) is 17.0 Å². The molecule has 1 aliphatic rings. The van der Waals surface area contributed by atoms with Crippen molar-refractivity contribution in [3.8, 4) is 0 Å². The molecule has 1 atom stereocenters. The molecule has 0 bridgehead atoms. The summed E-state index contributed by atoms with van der Waals surface area (Å²) in [5, 5.41) is 1.79. The maximum atomic E-state index is 12.8. The number of alkyl halides is 3. The first-order valence-corrected chi connectivity index (χ1v) is 8.10. The molecular formula is C17H18F4N2O3. The normalized spacial score (nSPS) is 17.2. The van der Waals surface area contributed by atoms with Crippen LogP contribution in [-0.4, -0.2) is 47.8 Å². The lowest BCUT2D eigenvalue weighted by atomic mass is 10.1. The molecule has 2 rings (SSSR count). The Balaban J connectivity index is 1.88. The van der Waals surface area contributed by atoms with Crippen molar-refractivity contribution in [2.45, 2.75) is 37.9 Å². The van der Waals surface area contributed by atoms with E-state index in [1.807, 2.05) is 0 Å². The van der Waals surface area contributed by atoms with E-state index in [0.717, 1.165) is 12.1 Å². The standard InChI is InChI=1S/C17H18F4N2O3/c18-12-5-3-11(4-6-12)14(24)7-8-15(25)23-9-1-2-13(23)16(26)22-10-17(19,20)21/h3-6,13H,1-2,7-10H2,(H,22,26). The van der Waals surface area contributed by atoms with E-state index in [1.54, 1.807) is 5.32 Å². The Bertz CT molecular complexity index is 674. The van der Waals surface area contributed by atoms with E-state index < -0.39 is 36.4 Å². The predicted molar refractivity (Wildman–Crippen MR) is 83.8 cm³/mol. The van der Waals surface area contributed by atoms with Crippen LogP contribution < -0.4 is 5.32 Å². The van der Waals surface area contributed by atoms with E-state index >= 15 is 0 Å². The zero-order valence-corrected chi connectivity index (χ0v) is 13.8. The van der Waals surface area contributed by atoms with Crippen molar-refractivity contribution in [1.29, 1.82) is 0 Å². The van der Waals surface area contributed by atoms with Crippen molar-refractivity contribution in [1.82, 2.24) is 10.2 Å². The van der Waals surface area contributed by atoms with Crippen molar-refractivity contribution < 1.29 is 31.9 Å². The first-order chi connectivity index (χ1) is 12.2. The molecule has 1 aromatic rings. The number of hydrogen-bond donors (Lipinski definition) is 1. The molecule has 9 heteroatoms. The van der Waals surface area contributed by atoms with Crippen LogP contribution in [-0.2, 0) is 9.59 Å². The number of carbonyl (C=O) groups is 3. The van der Waals surface area contributed by atoms with Gasteiger partial charge in [-0.05, 0) is 37.1 Å². The number of ketones is 1. The third-order valence-electron chi connectivity index (χ3n) is 4.07. The van der Waals surface area contributed by atoms with Gasteiger partial charge in [-0.3, -0.25) is 14.4 Å². The number of nitrogens with one attached hydrogen (secondary N) is 1. The van der Waals surface area contributed by atoms with Crippen molar-refractivity contribution in [3.63, 3.8) is 0 Å². The number of hydrogen-bond acceptors (Lipinski definition) is 3. The maximum Gasteiger partial charge on any atom is 0.405 e. The molecule has 0 aliphatic carbocycles. The second-order valence-corrected chi connectivity index (χ2v) is 6.01. The van der Waals surface area contributed by atoms with Gasteiger partial charge in [0.05, 0.1) is 0 Å². The lowest BCUT2D eigenvalue weighted by molar-refractivity contribution is -0.144. The number of amides is 2. The Kier molecular flexibility index (Phi) is 6.33. The summed E-state index contributed by atoms with van der Waals surface area (Å²) in [6.45, 7) is -1.19. The molecule has 5 nitrogen and oxygen atoms in total. The number of halogens is 4. The van der Waals surface area contributed by atoms with E-state index in [-0.39, 0.29) is 37.2 Å². The van der Waals surface area contributed by atoms with Crippen LogP contribution in [0, 0.1) is 5.82 Å². The van der Waals surface area contributed by atoms with E-state index in [0.29, 0.717) is 6.42 Å². The average Bonchev–Trinajstić information content (AvgIpc) is 3.07. The molecule has 142 valence electrons. The SMILES string of the molecule is O=C(CCC(=O)N1CCCC1C(=O)NCC(F)(F)F)c1ccc(F)cc1. The molecule has 1 unspecified atom stereocenters. The first kappa shape index (κ1) is 19.9. The maximum absolute atomic E-state index is 12.8. The average molecular weight is 374 g/mol. The van der Waals surface area contributed by atoms with Gasteiger partial charge in [0.25, 0.3) is 0 Å². The van der Waals surface area contributed by atoms with Gasteiger partial charge in [-0.1, -0.05) is 0 Å². The fourth-order valence-corrected chi connectivity index (χ4v) is 2.79. The quantitative estimate of drug-likeness (QED) is 0.615. The molecule has 0 aromatic heterocycles. The summed E-state index contributed by atoms with van der Waals surface area (Å²) in [4.78, 5) is 37.4. The van der Waals surface area contributed by atoms with E-state index in [9.17, 15) is 31.9 Å². The smallest absolute Gasteiger partial charge is 0.345 e. The van der Waals surface area contributed by atoms with Crippen molar-refractivity contribution >= 4 is 17.6 Å². The molecule has 0 spiro atoms. The molecule has 1 aliphatic heterocycles. The largest absolute Gasteiger partial charge is 0.405 e. The second kappa shape index (κ2) is 8.29. The summed E-state index contributed by atoms with van der Waals surface area (Å²) in [6, 6.07) is 3.94. The third kappa shape index (κ3) is 5.53. The molecule has 1 N–H and O–H groups in total. The molecule has 1 saturated heterocycles. The Labute approximate surface area is 147 Å². The van der Waals surface area contributed by atoms with Crippen molar-refractivity contribution in [2.75, 3.05) is 13.1 Å². The van der Waals surface area contributed by atoms with Crippen molar-refractivity contribution in [2.24, 2.45) is 0 Å². The van der Waals surface area contributed by atoms with Crippen LogP contribution >= 0.6 is 0 Å². The lowest BCUT2D eigenvalue weighted by Gasteiger charge is -2.24. The molecule has 0 radical (unpaired) electrons. The Morgan fingerprint density at radius 3 is 2.38 bits per heavy atom. The Morgan fingerprint density at radius 2 is 1.77 bits per heavy atom. The highest BCUT2D eigenvalue weighted by Crippen LogP contribution is 2.20. The molecule has 26 heavy (non-hydrogen) atoms. The number of rotatable bonds is 6. The summed E-state index contributed by atoms with van der Waals surface area (Å²) >= 11 is 0. The zero-order valence-electron chi connectivity index (χ0n) is 13.8. The van der Waals surface area contributed by atoms with Crippen LogP contribution in [0.1, 0.15) is 36.0 Å². The minimum absolute atomic E-state index is 0.127. The molecule has 1 heterocycles. The van der Waals surface area contributed by atoms with Gasteiger partial charge in [-0.2, -0.15) is 13.2 Å². The van der Waals surface area contributed by atoms with Gasteiger partial charge in [0.1, 0.15) is 18.4 Å². The first-order valence-electron chi connectivity index (χ1n) is 8.10. The van der Waals surface area contributed by atoms with Crippen molar-refractivity contribution in [3.05, 3.63) is 35.6 Å². The summed E-state index contributed by atoms with van der Waals surface area (Å²) in [6.07, 6.45) is -4.04. The number of carbonyl (C=O) groups excluding carboxylic acids is 3. The molecule has 1 fully saturated rings. The third-order valence-corrected chi connectivity index (χ3v) is 4.07. The van der Waals surface area contributed by atoms with E-state index in [2.05, 4.69) is 0 Å². The van der Waals surface area contributed by atoms with Gasteiger partial charge in [-0.15, -0.1) is 0 Å². The molecule has 1 aromatic carbocycles. The van der Waals surface area contributed by atoms with Gasteiger partial charge in [0.15, 0.2) is 5.78 Å². The van der Waals surface area contributed by atoms with Gasteiger partial charge >= 0.3 is 6.18 Å². The molecular weight excluding hydrogens is 356 g/mol. The molecule has 0 saturated carbocycles. The van der Waals surface area contributed by atoms with Crippen LogP contribution in [0.25, 0.3) is 0 Å². The predicted octanol–water partition coefficient (Wildman–Crippen LogP) is 2.46. The Hall–Kier alpha value is -2.45. The highest BCUT2D eigenvalue weighted by atomic mass is 19.4. The van der Waals surface area contributed by atoms with Gasteiger partial charge in [0.2, 0.25) is 11.8 Å². The van der Waals surface area contributed by atoms with Crippen LogP contribution in [0.4, 0.5) is 17.6 Å². The Morgan fingerprint density at radius 1 is 1.12 bits per heavy atom. The number of likely N-dealkylation sites (tertiary alicyclic amines) is 1. The minimum Gasteiger partial charge on any atom is -0.345 e. The highest BCUT2D eigenvalue weighted by Gasteiger charge is 2.36. The van der Waals surface area contributed by atoms with Crippen LogP contribution in [0.2, 0.25) is 0 Å². The fraction of sp³-hybridized carbons (Fsp3) is 0.471. The summed E-state index contributed by atoms with van der Waals surface area (Å²) < 4.78 is 49.4. The second-order valence-electron chi connectivity index (χ2n) is 6.01. The van der Waals surface area contributed by atoms with Crippen LogP contribution in [0.3, 0.4) is 0 Å². The van der Waals surface area contributed by atoms with Crippen LogP contribution in [0.15, 0.2) is 24.3 Å². The van der Waals surface area contributed by atoms with Crippen LogP contribution in [0.5, 0.6) is 0 Å². The topological polar surface area (TPSA) is 66.5 Å². The zero-order chi connectivity index (χ0) is 19.3. The number of benzene rings is 1. The summed E-state index contributed by atoms with van der Waals surface area (Å²) in [5.74, 6) is -2.15. The molecule has 2 amide bonds. The monoisotopic (exact) mass is 374 g/mol. The number of Topliss-reactive ketones (excluding diaryl/α,β-unsaturated/α-hetero) is 1. The summed E-state index contributed by atoms with van der Waals surface area (Å²) in [5.41, 5.74) is 0.264. The lowest BCUT2D eigenvalue weighted by Crippen LogP contribution is -2.48. The minimum atomic E-state index is -4.52. The fourth-order valence-electron chi connectivity index (χ4n) is 2.79. The summed E-state index contributed by atoms with van der Waals surface area (Å²) in [7, 11) is 0. The number of nitrogens with zero attached hydrogens (tertiary/aromatic N) is 1. The van der Waals surface area contributed by atoms with Gasteiger partial charge in [0, 0.05) is 24.9 Å². The van der Waals surface area contributed by atoms with E-state index in [4.69, 9.17) is 0 Å². The van der Waals surface area contributed by atoms with Gasteiger partial charge < -0.3 is 10.2 Å². The van der Waals surface area contributed by atoms with Gasteiger partial charge in [-0.25, -0.2) is 4.39 Å². The highest BCUT2D eigenvalue weighted by molar-refractivity contribution is 5.98.